The Morgan fingerprint density at radius 1 is 0.625 bits per heavy atom. The van der Waals surface area contributed by atoms with E-state index in [0.29, 0.717) is 0 Å². The molecule has 0 aromatic carbocycles. The van der Waals surface area contributed by atoms with Crippen LogP contribution in [-0.4, -0.2) is 33.6 Å². The summed E-state index contributed by atoms with van der Waals surface area (Å²) >= 11 is 24.7. The molecule has 1 heterocycles. The summed E-state index contributed by atoms with van der Waals surface area (Å²) in [4.78, 5) is 0. The lowest BCUT2D eigenvalue weighted by molar-refractivity contribution is 0.408. The van der Waals surface area contributed by atoms with Crippen LogP contribution in [-0.2, 0) is 0 Å². The van der Waals surface area contributed by atoms with Crippen molar-refractivity contribution in [3.05, 3.63) is 0 Å². The van der Waals surface area contributed by atoms with Gasteiger partial charge in [0.15, 0.2) is 0 Å². The molecule has 1 fully saturated rings. The normalized spacial score (nSPS) is 36.4. The summed E-state index contributed by atoms with van der Waals surface area (Å²) in [6.45, 7) is 1.65. The van der Waals surface area contributed by atoms with E-state index in [9.17, 15) is 0 Å². The number of hydrogen-bond acceptors (Lipinski definition) is 1. The van der Waals surface area contributed by atoms with E-state index in [1.165, 1.54) is 0 Å². The number of nitrogens with zero attached hydrogens (tertiary/aromatic N) is 1. The van der Waals surface area contributed by atoms with Gasteiger partial charge in [-0.15, -0.1) is 34.8 Å². The summed E-state index contributed by atoms with van der Waals surface area (Å²) in [6.07, 6.45) is 5.72. The smallest absolute Gasteiger partial charge is 0.0349 e. The molecule has 16 heavy (non-hydrogen) atoms. The average Bonchev–Trinajstić information content (AvgIpc) is 2.27. The summed E-state index contributed by atoms with van der Waals surface area (Å²) in [5, 5.41) is 0.594. The van der Waals surface area contributed by atoms with Gasteiger partial charge in [-0.2, -0.15) is 0 Å². The Morgan fingerprint density at radius 3 is 1.31 bits per heavy atom. The molecular weight excluding hydrogens is 288 g/mol. The van der Waals surface area contributed by atoms with Crippen molar-refractivity contribution in [1.29, 1.82) is 0 Å². The lowest BCUT2D eigenvalue weighted by Gasteiger charge is -2.20. The molecule has 0 spiro atoms. The quantitative estimate of drug-likeness (QED) is 0.466. The topological polar surface area (TPSA) is 3.24 Å². The molecule has 0 radical (unpaired) electrons. The van der Waals surface area contributed by atoms with Gasteiger partial charge in [-0.3, -0.25) is 0 Å². The Bertz CT molecular complexity index is 135. The van der Waals surface area contributed by atoms with Crippen molar-refractivity contribution >= 4 is 46.6 Å². The molecule has 5 heteroatoms. The van der Waals surface area contributed by atoms with Crippen molar-refractivity contribution in [2.24, 2.45) is 0 Å². The molecule has 1 saturated heterocycles. The van der Waals surface area contributed by atoms with E-state index in [4.69, 9.17) is 46.6 Å². The van der Waals surface area contributed by atoms with Crippen LogP contribution in [0.1, 0.15) is 38.5 Å². The standard InChI is InChI=1S/C11H19Cl4N/c12-9-1-3-10(13)5-7-16(15)8-6-11(14)4-2-9/h9-11H,1-8H2. The Hall–Kier alpha value is 1.12. The molecule has 0 aliphatic carbocycles. The average molecular weight is 307 g/mol. The van der Waals surface area contributed by atoms with Gasteiger partial charge in [0.25, 0.3) is 0 Å². The summed E-state index contributed by atoms with van der Waals surface area (Å²) in [7, 11) is 0. The molecule has 2 unspecified atom stereocenters. The van der Waals surface area contributed by atoms with Gasteiger partial charge < -0.3 is 0 Å². The lowest BCUT2D eigenvalue weighted by atomic mass is 10.0. The van der Waals surface area contributed by atoms with Gasteiger partial charge in [0.1, 0.15) is 0 Å². The Balaban J connectivity index is 2.39. The zero-order chi connectivity index (χ0) is 12.0. The zero-order valence-corrected chi connectivity index (χ0v) is 12.4. The summed E-state index contributed by atoms with van der Waals surface area (Å²) in [6, 6.07) is 0. The van der Waals surface area contributed by atoms with E-state index in [2.05, 4.69) is 0 Å². The third kappa shape index (κ3) is 6.76. The number of rotatable bonds is 0. The second kappa shape index (κ2) is 8.26. The van der Waals surface area contributed by atoms with Crippen molar-refractivity contribution in [2.75, 3.05) is 13.1 Å². The fourth-order valence-electron chi connectivity index (χ4n) is 1.83. The van der Waals surface area contributed by atoms with E-state index in [-0.39, 0.29) is 16.1 Å². The van der Waals surface area contributed by atoms with Gasteiger partial charge in [0.05, 0.1) is 0 Å². The van der Waals surface area contributed by atoms with Crippen molar-refractivity contribution in [1.82, 2.24) is 4.42 Å². The van der Waals surface area contributed by atoms with Crippen LogP contribution in [0, 0.1) is 0 Å². The van der Waals surface area contributed by atoms with Gasteiger partial charge in [0, 0.05) is 29.2 Å². The maximum atomic E-state index is 6.22. The molecule has 0 aromatic heterocycles. The Morgan fingerprint density at radius 2 is 0.938 bits per heavy atom. The van der Waals surface area contributed by atoms with Crippen LogP contribution in [0.15, 0.2) is 0 Å². The van der Waals surface area contributed by atoms with Gasteiger partial charge in [-0.05, 0) is 50.3 Å². The first-order chi connectivity index (χ1) is 7.58. The molecule has 0 aromatic rings. The summed E-state index contributed by atoms with van der Waals surface area (Å²) in [5.41, 5.74) is 0. The van der Waals surface area contributed by atoms with Gasteiger partial charge in [0.2, 0.25) is 0 Å². The third-order valence-corrected chi connectivity index (χ3v) is 4.60. The Kier molecular flexibility index (Phi) is 7.84. The molecule has 1 rings (SSSR count). The van der Waals surface area contributed by atoms with Crippen LogP contribution in [0.5, 0.6) is 0 Å². The maximum absolute atomic E-state index is 6.22. The largest absolute Gasteiger partial charge is 0.220 e. The first-order valence-corrected chi connectivity index (χ1v) is 7.55. The van der Waals surface area contributed by atoms with Crippen LogP contribution in [0.4, 0.5) is 0 Å². The molecule has 2 atom stereocenters. The van der Waals surface area contributed by atoms with Crippen LogP contribution in [0.25, 0.3) is 0 Å². The highest BCUT2D eigenvalue weighted by Crippen LogP contribution is 2.22. The van der Waals surface area contributed by atoms with E-state index in [1.54, 1.807) is 4.42 Å². The molecule has 1 nitrogen and oxygen atoms in total. The van der Waals surface area contributed by atoms with Gasteiger partial charge in [-0.25, -0.2) is 4.42 Å². The monoisotopic (exact) mass is 305 g/mol. The fraction of sp³-hybridized carbons (Fsp3) is 1.00. The van der Waals surface area contributed by atoms with E-state index < -0.39 is 0 Å². The van der Waals surface area contributed by atoms with E-state index >= 15 is 0 Å². The van der Waals surface area contributed by atoms with Gasteiger partial charge >= 0.3 is 0 Å². The zero-order valence-electron chi connectivity index (χ0n) is 9.35. The highest BCUT2D eigenvalue weighted by Gasteiger charge is 2.16. The minimum absolute atomic E-state index is 0.189. The van der Waals surface area contributed by atoms with Crippen LogP contribution < -0.4 is 0 Å². The first-order valence-electron chi connectivity index (χ1n) is 5.91. The predicted octanol–water partition coefficient (Wildman–Crippen LogP) is 4.62. The summed E-state index contributed by atoms with van der Waals surface area (Å²) < 4.78 is 1.80. The second-order valence-electron chi connectivity index (χ2n) is 4.43. The van der Waals surface area contributed by atoms with Crippen molar-refractivity contribution in [2.45, 2.75) is 54.7 Å². The van der Waals surface area contributed by atoms with E-state index in [0.717, 1.165) is 51.6 Å². The molecule has 1 aliphatic heterocycles. The molecule has 0 N–H and O–H groups in total. The molecule has 1 aliphatic rings. The summed E-state index contributed by atoms with van der Waals surface area (Å²) in [5.74, 6) is 0. The minimum Gasteiger partial charge on any atom is -0.220 e. The highest BCUT2D eigenvalue weighted by atomic mass is 35.5. The predicted molar refractivity (Wildman–Crippen MR) is 74.1 cm³/mol. The molecular formula is C11H19Cl4N. The Labute approximate surface area is 118 Å². The lowest BCUT2D eigenvalue weighted by Crippen LogP contribution is -2.22. The maximum Gasteiger partial charge on any atom is 0.0349 e. The molecule has 0 bridgehead atoms. The SMILES string of the molecule is ClC1CCC(Cl)CCN(Cl)CCC(Cl)CC1. The number of alkyl halides is 3. The van der Waals surface area contributed by atoms with E-state index in [1.807, 2.05) is 0 Å². The van der Waals surface area contributed by atoms with Crippen molar-refractivity contribution < 1.29 is 0 Å². The second-order valence-corrected chi connectivity index (χ2v) is 6.76. The molecule has 96 valence electrons. The fourth-order valence-corrected chi connectivity index (χ4v) is 2.72. The highest BCUT2D eigenvalue weighted by molar-refractivity contribution is 6.22. The van der Waals surface area contributed by atoms with Crippen LogP contribution >= 0.6 is 46.6 Å². The first kappa shape index (κ1) is 15.2. The molecule has 0 saturated carbocycles. The van der Waals surface area contributed by atoms with Crippen LogP contribution in [0.3, 0.4) is 0 Å². The third-order valence-electron chi connectivity index (χ3n) is 2.96. The van der Waals surface area contributed by atoms with Crippen molar-refractivity contribution in [3.63, 3.8) is 0 Å². The number of hydrogen-bond donors (Lipinski definition) is 0. The molecule has 0 amide bonds. The van der Waals surface area contributed by atoms with Crippen molar-refractivity contribution in [3.8, 4) is 0 Å². The minimum atomic E-state index is 0.189. The number of halogens is 4. The van der Waals surface area contributed by atoms with Crippen LogP contribution in [0.2, 0.25) is 0 Å². The van der Waals surface area contributed by atoms with Gasteiger partial charge in [-0.1, -0.05) is 0 Å².